The highest BCUT2D eigenvalue weighted by atomic mass is 16.4. The molecule has 1 amide bonds. The Labute approximate surface area is 122 Å². The maximum atomic E-state index is 12.2. The zero-order valence-corrected chi connectivity index (χ0v) is 12.4. The van der Waals surface area contributed by atoms with E-state index in [0.29, 0.717) is 17.0 Å². The second-order valence-electron chi connectivity index (χ2n) is 5.11. The standard InChI is InChI=1S/C16H17NO4/c1-8-5-9(2)13(7-12(8)16(19)20)17-15(18)14-10(3)6-11(4)21-14/h5-7H,1-4H3,(H,17,18)(H,19,20). The molecule has 0 fully saturated rings. The highest BCUT2D eigenvalue weighted by Gasteiger charge is 2.17. The zero-order chi connectivity index (χ0) is 15.7. The predicted molar refractivity (Wildman–Crippen MR) is 79.0 cm³/mol. The summed E-state index contributed by atoms with van der Waals surface area (Å²) < 4.78 is 5.36. The lowest BCUT2D eigenvalue weighted by molar-refractivity contribution is 0.0695. The van der Waals surface area contributed by atoms with Crippen LogP contribution in [0.1, 0.15) is 43.4 Å². The lowest BCUT2D eigenvalue weighted by atomic mass is 10.0. The summed E-state index contributed by atoms with van der Waals surface area (Å²) in [5, 5.41) is 11.9. The molecular weight excluding hydrogens is 270 g/mol. The van der Waals surface area contributed by atoms with Crippen LogP contribution in [-0.4, -0.2) is 17.0 Å². The Morgan fingerprint density at radius 1 is 1.00 bits per heavy atom. The van der Waals surface area contributed by atoms with Crippen LogP contribution in [0.15, 0.2) is 22.6 Å². The third kappa shape index (κ3) is 2.97. The Hall–Kier alpha value is -2.56. The quantitative estimate of drug-likeness (QED) is 0.906. The van der Waals surface area contributed by atoms with Gasteiger partial charge in [-0.3, -0.25) is 4.79 Å². The largest absolute Gasteiger partial charge is 0.478 e. The third-order valence-electron chi connectivity index (χ3n) is 3.30. The number of carboxylic acid groups (broad SMARTS) is 1. The first-order chi connectivity index (χ1) is 9.79. The lowest BCUT2D eigenvalue weighted by Gasteiger charge is -2.11. The Balaban J connectivity index is 2.35. The minimum atomic E-state index is -1.02. The topological polar surface area (TPSA) is 79.5 Å². The van der Waals surface area contributed by atoms with E-state index >= 15 is 0 Å². The van der Waals surface area contributed by atoms with Crippen LogP contribution in [0.25, 0.3) is 0 Å². The summed E-state index contributed by atoms with van der Waals surface area (Å²) in [5.41, 5.74) is 2.84. The molecule has 0 atom stereocenters. The van der Waals surface area contributed by atoms with Crippen LogP contribution in [0, 0.1) is 27.7 Å². The van der Waals surface area contributed by atoms with Crippen molar-refractivity contribution in [3.05, 3.63) is 52.0 Å². The summed E-state index contributed by atoms with van der Waals surface area (Å²) in [6.45, 7) is 7.09. The molecule has 1 aromatic heterocycles. The minimum Gasteiger partial charge on any atom is -0.478 e. The molecule has 0 bridgehead atoms. The predicted octanol–water partition coefficient (Wildman–Crippen LogP) is 3.46. The van der Waals surface area contributed by atoms with E-state index in [2.05, 4.69) is 5.32 Å². The van der Waals surface area contributed by atoms with Crippen LogP contribution < -0.4 is 5.32 Å². The molecule has 0 unspecified atom stereocenters. The summed E-state index contributed by atoms with van der Waals surface area (Å²) in [7, 11) is 0. The van der Waals surface area contributed by atoms with Gasteiger partial charge in [-0.2, -0.15) is 0 Å². The molecule has 21 heavy (non-hydrogen) atoms. The molecule has 5 heteroatoms. The SMILES string of the molecule is Cc1cc(C)c(C(=O)Nc2cc(C(=O)O)c(C)cc2C)o1. The summed E-state index contributed by atoms with van der Waals surface area (Å²) in [5.74, 6) is -0.509. The van der Waals surface area contributed by atoms with Gasteiger partial charge in [-0.1, -0.05) is 6.07 Å². The van der Waals surface area contributed by atoms with Gasteiger partial charge in [0.15, 0.2) is 5.76 Å². The molecule has 0 saturated carbocycles. The van der Waals surface area contributed by atoms with Crippen molar-refractivity contribution >= 4 is 17.6 Å². The van der Waals surface area contributed by atoms with Crippen molar-refractivity contribution in [1.29, 1.82) is 0 Å². The maximum absolute atomic E-state index is 12.2. The van der Waals surface area contributed by atoms with Crippen LogP contribution in [0.4, 0.5) is 5.69 Å². The van der Waals surface area contributed by atoms with Crippen molar-refractivity contribution in [3.8, 4) is 0 Å². The fourth-order valence-corrected chi connectivity index (χ4v) is 2.26. The van der Waals surface area contributed by atoms with Gasteiger partial charge in [-0.15, -0.1) is 0 Å². The lowest BCUT2D eigenvalue weighted by Crippen LogP contribution is -2.14. The number of benzene rings is 1. The Bertz CT molecular complexity index is 728. The molecule has 2 N–H and O–H groups in total. The van der Waals surface area contributed by atoms with Gasteiger partial charge in [0, 0.05) is 11.3 Å². The number of aryl methyl sites for hydroxylation is 4. The van der Waals surface area contributed by atoms with E-state index in [1.165, 1.54) is 6.07 Å². The Kier molecular flexibility index (Phi) is 3.84. The highest BCUT2D eigenvalue weighted by Crippen LogP contribution is 2.22. The van der Waals surface area contributed by atoms with Crippen LogP contribution in [0.3, 0.4) is 0 Å². The van der Waals surface area contributed by atoms with Crippen molar-refractivity contribution < 1.29 is 19.1 Å². The second kappa shape index (κ2) is 5.44. The first-order valence-corrected chi connectivity index (χ1v) is 6.52. The molecular formula is C16H17NO4. The summed E-state index contributed by atoms with van der Waals surface area (Å²) >= 11 is 0. The van der Waals surface area contributed by atoms with E-state index in [1.807, 2.05) is 6.92 Å². The molecule has 1 aromatic carbocycles. The fourth-order valence-electron chi connectivity index (χ4n) is 2.26. The molecule has 2 rings (SSSR count). The number of furan rings is 1. The molecule has 0 aliphatic carbocycles. The van der Waals surface area contributed by atoms with Crippen molar-refractivity contribution in [2.75, 3.05) is 5.32 Å². The van der Waals surface area contributed by atoms with Gasteiger partial charge in [0.05, 0.1) is 5.56 Å². The number of hydrogen-bond donors (Lipinski definition) is 2. The smallest absolute Gasteiger partial charge is 0.336 e. The van der Waals surface area contributed by atoms with E-state index < -0.39 is 5.97 Å². The zero-order valence-electron chi connectivity index (χ0n) is 12.4. The molecule has 0 aliphatic heterocycles. The van der Waals surface area contributed by atoms with Gasteiger partial charge in [-0.05, 0) is 51.0 Å². The van der Waals surface area contributed by atoms with Crippen LogP contribution in [-0.2, 0) is 0 Å². The van der Waals surface area contributed by atoms with Crippen LogP contribution >= 0.6 is 0 Å². The van der Waals surface area contributed by atoms with Crippen LogP contribution in [0.2, 0.25) is 0 Å². The number of aromatic carboxylic acids is 1. The molecule has 110 valence electrons. The van der Waals surface area contributed by atoms with Crippen LogP contribution in [0.5, 0.6) is 0 Å². The molecule has 2 aromatic rings. The van der Waals surface area contributed by atoms with Gasteiger partial charge < -0.3 is 14.8 Å². The summed E-state index contributed by atoms with van der Waals surface area (Å²) in [6, 6.07) is 4.98. The number of rotatable bonds is 3. The average molecular weight is 287 g/mol. The molecule has 1 heterocycles. The number of carboxylic acids is 1. The van der Waals surface area contributed by atoms with Gasteiger partial charge >= 0.3 is 5.97 Å². The molecule has 0 spiro atoms. The van der Waals surface area contributed by atoms with E-state index in [4.69, 9.17) is 9.52 Å². The first-order valence-electron chi connectivity index (χ1n) is 6.52. The Morgan fingerprint density at radius 2 is 1.67 bits per heavy atom. The fraction of sp³-hybridized carbons (Fsp3) is 0.250. The molecule has 5 nitrogen and oxygen atoms in total. The normalized spacial score (nSPS) is 10.5. The number of hydrogen-bond acceptors (Lipinski definition) is 3. The molecule has 0 saturated heterocycles. The summed E-state index contributed by atoms with van der Waals surface area (Å²) in [4.78, 5) is 23.4. The van der Waals surface area contributed by atoms with Crippen molar-refractivity contribution in [2.24, 2.45) is 0 Å². The van der Waals surface area contributed by atoms with Crippen molar-refractivity contribution in [2.45, 2.75) is 27.7 Å². The number of amides is 1. The number of carbonyl (C=O) groups is 2. The monoisotopic (exact) mass is 287 g/mol. The van der Waals surface area contributed by atoms with E-state index in [9.17, 15) is 9.59 Å². The maximum Gasteiger partial charge on any atom is 0.336 e. The van der Waals surface area contributed by atoms with E-state index in [1.54, 1.807) is 32.9 Å². The van der Waals surface area contributed by atoms with Gasteiger partial charge in [-0.25, -0.2) is 4.79 Å². The van der Waals surface area contributed by atoms with Gasteiger partial charge in [0.1, 0.15) is 5.76 Å². The summed E-state index contributed by atoms with van der Waals surface area (Å²) in [6.07, 6.45) is 0. The number of carbonyl (C=O) groups excluding carboxylic acids is 1. The number of nitrogens with one attached hydrogen (secondary N) is 1. The third-order valence-corrected chi connectivity index (χ3v) is 3.30. The van der Waals surface area contributed by atoms with Crippen molar-refractivity contribution in [3.63, 3.8) is 0 Å². The van der Waals surface area contributed by atoms with Crippen molar-refractivity contribution in [1.82, 2.24) is 0 Å². The minimum absolute atomic E-state index is 0.170. The molecule has 0 radical (unpaired) electrons. The highest BCUT2D eigenvalue weighted by molar-refractivity contribution is 6.04. The van der Waals surface area contributed by atoms with E-state index in [-0.39, 0.29) is 17.2 Å². The number of anilines is 1. The molecule has 0 aliphatic rings. The van der Waals surface area contributed by atoms with Gasteiger partial charge in [0.25, 0.3) is 5.91 Å². The average Bonchev–Trinajstić information content (AvgIpc) is 2.71. The second-order valence-corrected chi connectivity index (χ2v) is 5.11. The van der Waals surface area contributed by atoms with Gasteiger partial charge in [0.2, 0.25) is 0 Å². The first kappa shape index (κ1) is 14.8. The Morgan fingerprint density at radius 3 is 2.19 bits per heavy atom. The van der Waals surface area contributed by atoms with E-state index in [0.717, 1.165) is 11.1 Å².